The number of hydrogen-bond acceptors (Lipinski definition) is 4. The molecule has 2 N–H and O–H groups in total. The highest BCUT2D eigenvalue weighted by Crippen LogP contribution is 2.37. The van der Waals surface area contributed by atoms with Gasteiger partial charge in [-0.1, -0.05) is 26.2 Å². The summed E-state index contributed by atoms with van der Waals surface area (Å²) in [6, 6.07) is 0. The topological polar surface area (TPSA) is 64.9 Å². The summed E-state index contributed by atoms with van der Waals surface area (Å²) in [5.41, 5.74) is 5.49. The summed E-state index contributed by atoms with van der Waals surface area (Å²) >= 11 is 0. The van der Waals surface area contributed by atoms with E-state index in [1.807, 2.05) is 0 Å². The standard InChI is InChI=1S/C14H25N3O/c1-2-3-4-11-5-7-12(8-6-11)14-17-16-13(18-14)9-10-15/h11-12H,2-10,15H2,1H3. The molecule has 1 aromatic rings. The van der Waals surface area contributed by atoms with Crippen molar-refractivity contribution in [3.63, 3.8) is 0 Å². The van der Waals surface area contributed by atoms with Gasteiger partial charge in [0.15, 0.2) is 0 Å². The van der Waals surface area contributed by atoms with Gasteiger partial charge in [-0.15, -0.1) is 10.2 Å². The van der Waals surface area contributed by atoms with E-state index < -0.39 is 0 Å². The fraction of sp³-hybridized carbons (Fsp3) is 0.857. The highest BCUT2D eigenvalue weighted by molar-refractivity contribution is 4.94. The normalized spacial score (nSPS) is 24.3. The minimum absolute atomic E-state index is 0.488. The number of aromatic nitrogens is 2. The Labute approximate surface area is 109 Å². The second-order valence-corrected chi connectivity index (χ2v) is 5.43. The summed E-state index contributed by atoms with van der Waals surface area (Å²) in [4.78, 5) is 0. The summed E-state index contributed by atoms with van der Waals surface area (Å²) in [7, 11) is 0. The van der Waals surface area contributed by atoms with E-state index in [2.05, 4.69) is 17.1 Å². The van der Waals surface area contributed by atoms with Crippen molar-refractivity contribution in [2.45, 2.75) is 64.2 Å². The van der Waals surface area contributed by atoms with Gasteiger partial charge in [0.1, 0.15) is 0 Å². The maximum Gasteiger partial charge on any atom is 0.219 e. The van der Waals surface area contributed by atoms with Crippen LogP contribution in [-0.2, 0) is 6.42 Å². The van der Waals surface area contributed by atoms with E-state index in [4.69, 9.17) is 10.2 Å². The van der Waals surface area contributed by atoms with E-state index >= 15 is 0 Å². The van der Waals surface area contributed by atoms with Crippen LogP contribution >= 0.6 is 0 Å². The first kappa shape index (κ1) is 13.5. The van der Waals surface area contributed by atoms with Crippen molar-refractivity contribution in [2.75, 3.05) is 6.54 Å². The zero-order valence-corrected chi connectivity index (χ0v) is 11.4. The van der Waals surface area contributed by atoms with Crippen molar-refractivity contribution in [3.8, 4) is 0 Å². The molecular weight excluding hydrogens is 226 g/mol. The molecule has 1 aromatic heterocycles. The van der Waals surface area contributed by atoms with Gasteiger partial charge in [0.25, 0.3) is 0 Å². The number of unbranched alkanes of at least 4 members (excludes halogenated alkanes) is 1. The van der Waals surface area contributed by atoms with Crippen molar-refractivity contribution in [2.24, 2.45) is 11.7 Å². The minimum atomic E-state index is 0.488. The number of rotatable bonds is 6. The maximum atomic E-state index is 5.68. The second-order valence-electron chi connectivity index (χ2n) is 5.43. The smallest absolute Gasteiger partial charge is 0.219 e. The van der Waals surface area contributed by atoms with Gasteiger partial charge in [0.2, 0.25) is 11.8 Å². The molecule has 1 heterocycles. The molecule has 1 aliphatic rings. The van der Waals surface area contributed by atoms with Gasteiger partial charge in [-0.2, -0.15) is 0 Å². The van der Waals surface area contributed by atoms with Crippen LogP contribution in [0, 0.1) is 5.92 Å². The molecule has 0 saturated heterocycles. The number of nitrogens with two attached hydrogens (primary N) is 1. The molecule has 0 radical (unpaired) electrons. The molecule has 2 rings (SSSR count). The fourth-order valence-electron chi connectivity index (χ4n) is 2.85. The third-order valence-electron chi connectivity index (χ3n) is 4.00. The maximum absolute atomic E-state index is 5.68. The lowest BCUT2D eigenvalue weighted by atomic mass is 9.80. The predicted octanol–water partition coefficient (Wildman–Crippen LogP) is 3.03. The molecule has 102 valence electrons. The Balaban J connectivity index is 1.81. The van der Waals surface area contributed by atoms with E-state index in [-0.39, 0.29) is 0 Å². The van der Waals surface area contributed by atoms with E-state index in [0.717, 1.165) is 11.8 Å². The monoisotopic (exact) mass is 251 g/mol. The largest absolute Gasteiger partial charge is 0.425 e. The van der Waals surface area contributed by atoms with Gasteiger partial charge in [-0.05, 0) is 31.6 Å². The van der Waals surface area contributed by atoms with Gasteiger partial charge in [0, 0.05) is 18.9 Å². The lowest BCUT2D eigenvalue weighted by Gasteiger charge is -2.26. The van der Waals surface area contributed by atoms with Crippen LogP contribution in [0.5, 0.6) is 0 Å². The highest BCUT2D eigenvalue weighted by Gasteiger charge is 2.25. The third-order valence-corrected chi connectivity index (χ3v) is 4.00. The molecule has 0 spiro atoms. The third kappa shape index (κ3) is 3.55. The molecule has 0 bridgehead atoms. The molecule has 1 saturated carbocycles. The molecule has 4 heteroatoms. The van der Waals surface area contributed by atoms with Crippen molar-refractivity contribution < 1.29 is 4.42 Å². The average Bonchev–Trinajstić information content (AvgIpc) is 2.86. The molecule has 1 aliphatic carbocycles. The quantitative estimate of drug-likeness (QED) is 0.844. The van der Waals surface area contributed by atoms with Crippen LogP contribution < -0.4 is 5.73 Å². The Morgan fingerprint density at radius 2 is 2.00 bits per heavy atom. The van der Waals surface area contributed by atoms with Crippen LogP contribution in [0.4, 0.5) is 0 Å². The van der Waals surface area contributed by atoms with E-state index in [0.29, 0.717) is 24.8 Å². The van der Waals surface area contributed by atoms with Gasteiger partial charge in [0.05, 0.1) is 0 Å². The van der Waals surface area contributed by atoms with Crippen LogP contribution in [-0.4, -0.2) is 16.7 Å². The van der Waals surface area contributed by atoms with Crippen LogP contribution in [0.3, 0.4) is 0 Å². The van der Waals surface area contributed by atoms with Crippen LogP contribution in [0.25, 0.3) is 0 Å². The van der Waals surface area contributed by atoms with Crippen molar-refractivity contribution in [1.29, 1.82) is 0 Å². The van der Waals surface area contributed by atoms with Crippen molar-refractivity contribution in [1.82, 2.24) is 10.2 Å². The molecule has 0 aliphatic heterocycles. The highest BCUT2D eigenvalue weighted by atomic mass is 16.4. The fourth-order valence-corrected chi connectivity index (χ4v) is 2.85. The first-order valence-electron chi connectivity index (χ1n) is 7.35. The zero-order chi connectivity index (χ0) is 12.8. The Kier molecular flexibility index (Phi) is 5.17. The van der Waals surface area contributed by atoms with Crippen LogP contribution in [0.15, 0.2) is 4.42 Å². The lowest BCUT2D eigenvalue weighted by Crippen LogP contribution is -2.13. The van der Waals surface area contributed by atoms with Gasteiger partial charge >= 0.3 is 0 Å². The van der Waals surface area contributed by atoms with Crippen LogP contribution in [0.2, 0.25) is 0 Å². The van der Waals surface area contributed by atoms with E-state index in [1.54, 1.807) is 0 Å². The molecule has 0 aromatic carbocycles. The Morgan fingerprint density at radius 1 is 1.22 bits per heavy atom. The lowest BCUT2D eigenvalue weighted by molar-refractivity contribution is 0.274. The summed E-state index contributed by atoms with van der Waals surface area (Å²) < 4.78 is 5.68. The Hall–Kier alpha value is -0.900. The molecule has 0 amide bonds. The average molecular weight is 251 g/mol. The number of nitrogens with zero attached hydrogens (tertiary/aromatic N) is 2. The Morgan fingerprint density at radius 3 is 2.67 bits per heavy atom. The van der Waals surface area contributed by atoms with Crippen LogP contribution in [0.1, 0.15) is 69.6 Å². The second kappa shape index (κ2) is 6.88. The van der Waals surface area contributed by atoms with E-state index in [9.17, 15) is 0 Å². The van der Waals surface area contributed by atoms with Gasteiger partial charge in [-0.3, -0.25) is 0 Å². The Bertz CT molecular complexity index is 343. The predicted molar refractivity (Wildman–Crippen MR) is 71.3 cm³/mol. The number of hydrogen-bond donors (Lipinski definition) is 1. The first-order valence-corrected chi connectivity index (χ1v) is 7.35. The van der Waals surface area contributed by atoms with E-state index in [1.165, 1.54) is 44.9 Å². The summed E-state index contributed by atoms with van der Waals surface area (Å²) in [6.45, 7) is 2.84. The molecule has 0 unspecified atom stereocenters. The van der Waals surface area contributed by atoms with Crippen molar-refractivity contribution in [3.05, 3.63) is 11.8 Å². The molecule has 1 fully saturated rings. The SMILES string of the molecule is CCCCC1CCC(c2nnc(CCN)o2)CC1. The van der Waals surface area contributed by atoms with Gasteiger partial charge in [-0.25, -0.2) is 0 Å². The van der Waals surface area contributed by atoms with Crippen molar-refractivity contribution >= 4 is 0 Å². The molecular formula is C14H25N3O. The first-order chi connectivity index (χ1) is 8.83. The summed E-state index contributed by atoms with van der Waals surface area (Å²) in [6.07, 6.45) is 9.82. The summed E-state index contributed by atoms with van der Waals surface area (Å²) in [5, 5.41) is 8.23. The molecule has 0 atom stereocenters. The van der Waals surface area contributed by atoms with Gasteiger partial charge < -0.3 is 10.2 Å². The molecule has 18 heavy (non-hydrogen) atoms. The zero-order valence-electron chi connectivity index (χ0n) is 11.4. The minimum Gasteiger partial charge on any atom is -0.425 e. The summed E-state index contributed by atoms with van der Waals surface area (Å²) in [5.74, 6) is 2.95. The molecule has 4 nitrogen and oxygen atoms in total.